The van der Waals surface area contributed by atoms with Crippen LogP contribution in [0, 0.1) is 5.82 Å². The Bertz CT molecular complexity index is 413. The molecule has 0 bridgehead atoms. The van der Waals surface area contributed by atoms with Crippen LogP contribution >= 0.6 is 0 Å². The first-order valence-corrected chi connectivity index (χ1v) is 7.42. The van der Waals surface area contributed by atoms with Crippen molar-refractivity contribution in [2.75, 3.05) is 0 Å². The third kappa shape index (κ3) is 2.98. The molecule has 0 amide bonds. The van der Waals surface area contributed by atoms with Gasteiger partial charge in [0, 0.05) is 12.1 Å². The van der Waals surface area contributed by atoms with Crippen molar-refractivity contribution in [2.45, 2.75) is 62.6 Å². The minimum Gasteiger partial charge on any atom is -0.392 e. The Morgan fingerprint density at radius 3 is 2.42 bits per heavy atom. The van der Waals surface area contributed by atoms with Crippen molar-refractivity contribution in [1.82, 2.24) is 5.32 Å². The lowest BCUT2D eigenvalue weighted by Gasteiger charge is -2.41. The van der Waals surface area contributed by atoms with E-state index in [1.165, 1.54) is 12.0 Å². The second-order valence-corrected chi connectivity index (χ2v) is 6.04. The van der Waals surface area contributed by atoms with Gasteiger partial charge in [-0.15, -0.1) is 0 Å². The standard InChI is InChI=1S/C16H22FNO/c17-13-7-5-11(6-8-13)12-9-14(10-12)18-15-3-1-2-4-16(15)19/h5-8,12,14-16,18-19H,1-4,9-10H2. The van der Waals surface area contributed by atoms with Gasteiger partial charge in [0.05, 0.1) is 6.10 Å². The van der Waals surface area contributed by atoms with E-state index in [9.17, 15) is 9.50 Å². The molecule has 1 aromatic carbocycles. The Hall–Kier alpha value is -0.930. The Kier molecular flexibility index (Phi) is 3.85. The van der Waals surface area contributed by atoms with Crippen molar-refractivity contribution in [2.24, 2.45) is 0 Å². The van der Waals surface area contributed by atoms with Crippen molar-refractivity contribution >= 4 is 0 Å². The number of hydrogen-bond acceptors (Lipinski definition) is 2. The van der Waals surface area contributed by atoms with Crippen LogP contribution < -0.4 is 5.32 Å². The van der Waals surface area contributed by atoms with Crippen LogP contribution in [0.2, 0.25) is 0 Å². The van der Waals surface area contributed by atoms with Crippen LogP contribution in [0.25, 0.3) is 0 Å². The maximum atomic E-state index is 12.9. The summed E-state index contributed by atoms with van der Waals surface area (Å²) in [5, 5.41) is 13.5. The van der Waals surface area contributed by atoms with E-state index in [4.69, 9.17) is 0 Å². The highest BCUT2D eigenvalue weighted by molar-refractivity contribution is 5.23. The van der Waals surface area contributed by atoms with Gasteiger partial charge < -0.3 is 10.4 Å². The highest BCUT2D eigenvalue weighted by Gasteiger charge is 2.33. The molecule has 0 aromatic heterocycles. The average Bonchev–Trinajstić information content (AvgIpc) is 2.37. The van der Waals surface area contributed by atoms with E-state index in [0.29, 0.717) is 12.0 Å². The van der Waals surface area contributed by atoms with Gasteiger partial charge in [0.25, 0.3) is 0 Å². The lowest BCUT2D eigenvalue weighted by atomic mass is 9.75. The number of aliphatic hydroxyl groups is 1. The zero-order valence-corrected chi connectivity index (χ0v) is 11.2. The van der Waals surface area contributed by atoms with Gasteiger partial charge in [-0.25, -0.2) is 4.39 Å². The van der Waals surface area contributed by atoms with Gasteiger partial charge in [-0.2, -0.15) is 0 Å². The molecule has 19 heavy (non-hydrogen) atoms. The summed E-state index contributed by atoms with van der Waals surface area (Å²) in [4.78, 5) is 0. The first-order valence-electron chi connectivity index (χ1n) is 7.42. The molecule has 3 heteroatoms. The smallest absolute Gasteiger partial charge is 0.123 e. The number of hydrogen-bond donors (Lipinski definition) is 2. The molecule has 1 aromatic rings. The first-order chi connectivity index (χ1) is 9.22. The maximum Gasteiger partial charge on any atom is 0.123 e. The Balaban J connectivity index is 1.48. The predicted molar refractivity (Wildman–Crippen MR) is 73.6 cm³/mol. The predicted octanol–water partition coefficient (Wildman–Crippen LogP) is 2.96. The van der Waals surface area contributed by atoms with Crippen molar-refractivity contribution in [1.29, 1.82) is 0 Å². The summed E-state index contributed by atoms with van der Waals surface area (Å²) in [5.41, 5.74) is 1.24. The number of nitrogens with one attached hydrogen (secondary N) is 1. The van der Waals surface area contributed by atoms with E-state index in [0.717, 1.165) is 32.1 Å². The molecule has 0 spiro atoms. The van der Waals surface area contributed by atoms with Crippen molar-refractivity contribution in [3.05, 3.63) is 35.6 Å². The van der Waals surface area contributed by atoms with Crippen molar-refractivity contribution < 1.29 is 9.50 Å². The molecule has 104 valence electrons. The molecule has 2 atom stereocenters. The van der Waals surface area contributed by atoms with Gasteiger partial charge >= 0.3 is 0 Å². The van der Waals surface area contributed by atoms with Crippen molar-refractivity contribution in [3.63, 3.8) is 0 Å². The summed E-state index contributed by atoms with van der Waals surface area (Å²) in [6, 6.07) is 7.68. The van der Waals surface area contributed by atoms with Crippen LogP contribution in [0.1, 0.15) is 50.0 Å². The molecule has 3 rings (SSSR count). The van der Waals surface area contributed by atoms with E-state index in [1.54, 1.807) is 12.1 Å². The molecule has 0 radical (unpaired) electrons. The van der Waals surface area contributed by atoms with E-state index >= 15 is 0 Å². The van der Waals surface area contributed by atoms with Crippen LogP contribution in [0.3, 0.4) is 0 Å². The van der Waals surface area contributed by atoms with Gasteiger partial charge in [-0.05, 0) is 49.3 Å². The molecule has 2 aliphatic rings. The molecule has 2 nitrogen and oxygen atoms in total. The summed E-state index contributed by atoms with van der Waals surface area (Å²) in [7, 11) is 0. The highest BCUT2D eigenvalue weighted by Crippen LogP contribution is 2.37. The van der Waals surface area contributed by atoms with Gasteiger partial charge in [0.1, 0.15) is 5.82 Å². The maximum absolute atomic E-state index is 12.9. The molecule has 2 fully saturated rings. The molecule has 0 heterocycles. The summed E-state index contributed by atoms with van der Waals surface area (Å²) in [6.45, 7) is 0. The third-order valence-electron chi connectivity index (χ3n) is 4.66. The van der Waals surface area contributed by atoms with Gasteiger partial charge in [0.2, 0.25) is 0 Å². The second-order valence-electron chi connectivity index (χ2n) is 6.04. The normalized spacial score (nSPS) is 34.8. The fourth-order valence-electron chi connectivity index (χ4n) is 3.37. The van der Waals surface area contributed by atoms with Crippen LogP contribution in [-0.4, -0.2) is 23.3 Å². The topological polar surface area (TPSA) is 32.3 Å². The quantitative estimate of drug-likeness (QED) is 0.878. The molecular formula is C16H22FNO. The zero-order valence-electron chi connectivity index (χ0n) is 11.2. The minimum absolute atomic E-state index is 0.164. The van der Waals surface area contributed by atoms with E-state index in [-0.39, 0.29) is 18.0 Å². The molecule has 2 N–H and O–H groups in total. The molecule has 2 saturated carbocycles. The summed E-state index contributed by atoms with van der Waals surface area (Å²) in [6.07, 6.45) is 6.46. The molecule has 2 unspecified atom stereocenters. The number of rotatable bonds is 3. The fraction of sp³-hybridized carbons (Fsp3) is 0.625. The lowest BCUT2D eigenvalue weighted by Crippen LogP contribution is -2.51. The SMILES string of the molecule is OC1CCCCC1NC1CC(c2ccc(F)cc2)C1. The number of halogens is 1. The zero-order chi connectivity index (χ0) is 13.2. The summed E-state index contributed by atoms with van der Waals surface area (Å²) in [5.74, 6) is 0.391. The largest absolute Gasteiger partial charge is 0.392 e. The van der Waals surface area contributed by atoms with Gasteiger partial charge in [-0.1, -0.05) is 25.0 Å². The fourth-order valence-corrected chi connectivity index (χ4v) is 3.37. The number of aliphatic hydroxyl groups excluding tert-OH is 1. The lowest BCUT2D eigenvalue weighted by molar-refractivity contribution is 0.0750. The third-order valence-corrected chi connectivity index (χ3v) is 4.66. The van der Waals surface area contributed by atoms with Crippen LogP contribution in [0.4, 0.5) is 4.39 Å². The summed E-state index contributed by atoms with van der Waals surface area (Å²) < 4.78 is 12.9. The van der Waals surface area contributed by atoms with E-state index in [2.05, 4.69) is 5.32 Å². The van der Waals surface area contributed by atoms with Gasteiger partial charge in [-0.3, -0.25) is 0 Å². The molecular weight excluding hydrogens is 241 g/mol. The van der Waals surface area contributed by atoms with Crippen LogP contribution in [0.5, 0.6) is 0 Å². The van der Waals surface area contributed by atoms with E-state index < -0.39 is 0 Å². The summed E-state index contributed by atoms with van der Waals surface area (Å²) >= 11 is 0. The molecule has 0 aliphatic heterocycles. The Morgan fingerprint density at radius 2 is 1.74 bits per heavy atom. The Morgan fingerprint density at radius 1 is 1.05 bits per heavy atom. The van der Waals surface area contributed by atoms with Gasteiger partial charge in [0.15, 0.2) is 0 Å². The average molecular weight is 263 g/mol. The molecule has 0 saturated heterocycles. The number of benzene rings is 1. The van der Waals surface area contributed by atoms with E-state index in [1.807, 2.05) is 12.1 Å². The monoisotopic (exact) mass is 263 g/mol. The molecule has 2 aliphatic carbocycles. The second kappa shape index (κ2) is 5.59. The van der Waals surface area contributed by atoms with Crippen LogP contribution in [-0.2, 0) is 0 Å². The first kappa shape index (κ1) is 13.1. The highest BCUT2D eigenvalue weighted by atomic mass is 19.1. The Labute approximate surface area is 114 Å². The van der Waals surface area contributed by atoms with Crippen molar-refractivity contribution in [3.8, 4) is 0 Å². The minimum atomic E-state index is -0.168. The van der Waals surface area contributed by atoms with Crippen LogP contribution in [0.15, 0.2) is 24.3 Å².